The van der Waals surface area contributed by atoms with Crippen molar-refractivity contribution in [3.05, 3.63) is 77.8 Å². The number of aromatic hydroxyl groups is 1. The van der Waals surface area contributed by atoms with Crippen molar-refractivity contribution >= 4 is 23.8 Å². The molecule has 2 aromatic carbocycles. The Morgan fingerprint density at radius 3 is 2.66 bits per heavy atom. The number of nitrogens with zero attached hydrogens (tertiary/aromatic N) is 1. The molecular weight excluding hydrogens is 386 g/mol. The molecule has 150 valence electrons. The summed E-state index contributed by atoms with van der Waals surface area (Å²) in [4.78, 5) is 15.9. The lowest BCUT2D eigenvalue weighted by Gasteiger charge is -2.14. The molecule has 1 aromatic heterocycles. The number of aromatic nitrogens is 1. The number of para-hydroxylation sites is 1. The van der Waals surface area contributed by atoms with Crippen LogP contribution in [0.5, 0.6) is 5.75 Å². The molecule has 6 heteroatoms. The molecule has 1 heterocycles. The molecule has 0 aliphatic carbocycles. The second-order valence-electron chi connectivity index (χ2n) is 6.16. The third kappa shape index (κ3) is 5.29. The fourth-order valence-corrected chi connectivity index (χ4v) is 3.79. The van der Waals surface area contributed by atoms with Gasteiger partial charge in [0.05, 0.1) is 12.8 Å². The maximum atomic E-state index is 11.4. The van der Waals surface area contributed by atoms with Gasteiger partial charge in [-0.05, 0) is 30.4 Å². The molecule has 0 spiro atoms. The van der Waals surface area contributed by atoms with Crippen LogP contribution in [0.15, 0.2) is 65.2 Å². The van der Waals surface area contributed by atoms with Gasteiger partial charge in [-0.3, -0.25) is 0 Å². The van der Waals surface area contributed by atoms with Gasteiger partial charge in [-0.1, -0.05) is 49.4 Å². The van der Waals surface area contributed by atoms with Gasteiger partial charge in [0.25, 0.3) is 0 Å². The zero-order valence-electron chi connectivity index (χ0n) is 16.4. The second kappa shape index (κ2) is 9.98. The first-order chi connectivity index (χ1) is 14.1. The summed E-state index contributed by atoms with van der Waals surface area (Å²) in [6.45, 7) is 4.19. The number of phenolic OH excluding ortho intramolecular Hbond substituents is 1. The quantitative estimate of drug-likeness (QED) is 0.393. The van der Waals surface area contributed by atoms with Crippen LogP contribution in [0, 0.1) is 0 Å². The third-order valence-electron chi connectivity index (χ3n) is 4.19. The van der Waals surface area contributed by atoms with Gasteiger partial charge in [-0.15, -0.1) is 11.8 Å². The van der Waals surface area contributed by atoms with Crippen molar-refractivity contribution in [2.24, 2.45) is 0 Å². The summed E-state index contributed by atoms with van der Waals surface area (Å²) in [5.41, 5.74) is 2.55. The van der Waals surface area contributed by atoms with E-state index in [0.29, 0.717) is 18.3 Å². The van der Waals surface area contributed by atoms with E-state index in [9.17, 15) is 9.90 Å². The van der Waals surface area contributed by atoms with Crippen molar-refractivity contribution in [2.75, 3.05) is 12.4 Å². The number of benzene rings is 2. The molecule has 5 nitrogen and oxygen atoms in total. The molecule has 0 fully saturated rings. The van der Waals surface area contributed by atoms with Gasteiger partial charge in [0.1, 0.15) is 11.0 Å². The van der Waals surface area contributed by atoms with Crippen LogP contribution in [0.3, 0.4) is 0 Å². The highest BCUT2D eigenvalue weighted by Gasteiger charge is 2.22. The van der Waals surface area contributed by atoms with Crippen LogP contribution in [-0.2, 0) is 9.53 Å². The fourth-order valence-electron chi connectivity index (χ4n) is 2.83. The van der Waals surface area contributed by atoms with Crippen molar-refractivity contribution in [1.82, 2.24) is 4.98 Å². The second-order valence-corrected chi connectivity index (χ2v) is 7.55. The third-order valence-corrected chi connectivity index (χ3v) is 5.32. The minimum atomic E-state index is -0.361. The lowest BCUT2D eigenvalue weighted by molar-refractivity contribution is -0.137. The van der Waals surface area contributed by atoms with E-state index in [1.165, 1.54) is 6.08 Å². The van der Waals surface area contributed by atoms with E-state index in [4.69, 9.17) is 9.15 Å². The van der Waals surface area contributed by atoms with Gasteiger partial charge in [-0.25, -0.2) is 9.78 Å². The first-order valence-electron chi connectivity index (χ1n) is 9.42. The van der Waals surface area contributed by atoms with Crippen LogP contribution in [0.25, 0.3) is 17.4 Å². The van der Waals surface area contributed by atoms with Crippen LogP contribution in [-0.4, -0.2) is 28.4 Å². The number of ether oxygens (including phenoxy) is 1. The van der Waals surface area contributed by atoms with Gasteiger partial charge < -0.3 is 14.3 Å². The van der Waals surface area contributed by atoms with Gasteiger partial charge in [0.15, 0.2) is 5.76 Å². The Kier molecular flexibility index (Phi) is 7.14. The van der Waals surface area contributed by atoms with Crippen molar-refractivity contribution in [2.45, 2.75) is 19.1 Å². The first kappa shape index (κ1) is 20.7. The van der Waals surface area contributed by atoms with Crippen LogP contribution in [0.4, 0.5) is 0 Å². The zero-order chi connectivity index (χ0) is 20.6. The van der Waals surface area contributed by atoms with Crippen molar-refractivity contribution in [3.63, 3.8) is 0 Å². The largest absolute Gasteiger partial charge is 0.508 e. The number of hydrogen-bond acceptors (Lipinski definition) is 6. The Bertz CT molecular complexity index is 979. The average Bonchev–Trinajstić information content (AvgIpc) is 3.22. The SMILES string of the molecule is CCOC(=O)C=Cc1ccc(-c2cnc(C(SCC)c3ccccc3O)o2)cc1. The fraction of sp³-hybridized carbons (Fsp3) is 0.217. The highest BCUT2D eigenvalue weighted by Crippen LogP contribution is 2.40. The molecule has 29 heavy (non-hydrogen) atoms. The van der Waals surface area contributed by atoms with Crippen LogP contribution in [0.2, 0.25) is 0 Å². The van der Waals surface area contributed by atoms with E-state index in [2.05, 4.69) is 11.9 Å². The normalized spacial score (nSPS) is 12.2. The van der Waals surface area contributed by atoms with E-state index in [1.807, 2.05) is 36.4 Å². The summed E-state index contributed by atoms with van der Waals surface area (Å²) in [6, 6.07) is 14.9. The molecule has 0 aliphatic heterocycles. The molecule has 3 rings (SSSR count). The maximum Gasteiger partial charge on any atom is 0.330 e. The number of thioether (sulfide) groups is 1. The molecule has 0 radical (unpaired) electrons. The summed E-state index contributed by atoms with van der Waals surface area (Å²) >= 11 is 1.65. The molecule has 0 bridgehead atoms. The maximum absolute atomic E-state index is 11.4. The predicted octanol–water partition coefficient (Wildman–Crippen LogP) is 5.47. The van der Waals surface area contributed by atoms with Gasteiger partial charge in [-0.2, -0.15) is 0 Å². The lowest BCUT2D eigenvalue weighted by atomic mass is 10.1. The van der Waals surface area contributed by atoms with Gasteiger partial charge in [0, 0.05) is 17.2 Å². The van der Waals surface area contributed by atoms with Gasteiger partial charge >= 0.3 is 5.97 Å². The van der Waals surface area contributed by atoms with E-state index in [0.717, 1.165) is 22.4 Å². The van der Waals surface area contributed by atoms with E-state index >= 15 is 0 Å². The summed E-state index contributed by atoms with van der Waals surface area (Å²) in [7, 11) is 0. The molecule has 0 saturated heterocycles. The Morgan fingerprint density at radius 2 is 1.97 bits per heavy atom. The average molecular weight is 410 g/mol. The molecule has 0 aliphatic rings. The van der Waals surface area contributed by atoms with Gasteiger partial charge in [0.2, 0.25) is 5.89 Å². The Hall–Kier alpha value is -2.99. The Labute approximate surface area is 174 Å². The first-order valence-corrected chi connectivity index (χ1v) is 10.5. The molecule has 1 N–H and O–H groups in total. The Morgan fingerprint density at radius 1 is 1.21 bits per heavy atom. The molecule has 1 unspecified atom stereocenters. The van der Waals surface area contributed by atoms with Crippen molar-refractivity contribution in [1.29, 1.82) is 0 Å². The number of hydrogen-bond donors (Lipinski definition) is 1. The molecular formula is C23H23NO4S. The van der Waals surface area contributed by atoms with Crippen molar-refractivity contribution in [3.8, 4) is 17.1 Å². The summed E-state index contributed by atoms with van der Waals surface area (Å²) in [5, 5.41) is 10.0. The number of esters is 1. The van der Waals surface area contributed by atoms with Crippen LogP contribution in [0.1, 0.15) is 36.1 Å². The summed E-state index contributed by atoms with van der Waals surface area (Å²) in [6.07, 6.45) is 4.81. The number of rotatable bonds is 8. The van der Waals surface area contributed by atoms with E-state index < -0.39 is 0 Å². The summed E-state index contributed by atoms with van der Waals surface area (Å²) in [5.74, 6) is 1.94. The lowest BCUT2D eigenvalue weighted by Crippen LogP contribution is -1.98. The Balaban J connectivity index is 1.80. The van der Waals surface area contributed by atoms with Crippen LogP contribution >= 0.6 is 11.8 Å². The molecule has 3 aromatic rings. The van der Waals surface area contributed by atoms with E-state index in [1.54, 1.807) is 43.1 Å². The number of oxazole rings is 1. The molecule has 0 saturated carbocycles. The highest BCUT2D eigenvalue weighted by molar-refractivity contribution is 7.99. The number of phenols is 1. The minimum absolute atomic E-state index is 0.179. The van der Waals surface area contributed by atoms with Crippen molar-refractivity contribution < 1.29 is 19.1 Å². The predicted molar refractivity (Wildman–Crippen MR) is 116 cm³/mol. The smallest absolute Gasteiger partial charge is 0.330 e. The molecule has 1 atom stereocenters. The number of carbonyl (C=O) groups excluding carboxylic acids is 1. The zero-order valence-corrected chi connectivity index (χ0v) is 17.2. The monoisotopic (exact) mass is 409 g/mol. The highest BCUT2D eigenvalue weighted by atomic mass is 32.2. The summed E-state index contributed by atoms with van der Waals surface area (Å²) < 4.78 is 10.9. The van der Waals surface area contributed by atoms with E-state index in [-0.39, 0.29) is 17.0 Å². The minimum Gasteiger partial charge on any atom is -0.508 e. The van der Waals surface area contributed by atoms with Crippen LogP contribution < -0.4 is 0 Å². The topological polar surface area (TPSA) is 72.6 Å². The standard InChI is InChI=1S/C23H23NO4S/c1-3-27-21(26)14-11-16-9-12-17(13-10-16)20-15-24-23(28-20)22(29-4-2)18-7-5-6-8-19(18)25/h5-15,22,25H,3-4H2,1-2H3. The molecule has 0 amide bonds. The number of carbonyl (C=O) groups is 1.